The van der Waals surface area contributed by atoms with E-state index < -0.39 is 11.8 Å². The molecule has 0 aliphatic rings. The fraction of sp³-hybridized carbons (Fsp3) is 0.118. The maximum atomic E-state index is 13.6. The Morgan fingerprint density at radius 1 is 1.25 bits per heavy atom. The normalized spacial score (nSPS) is 10.6. The fourth-order valence-corrected chi connectivity index (χ4v) is 2.21. The lowest BCUT2D eigenvalue weighted by molar-refractivity contribution is 0.0461. The van der Waals surface area contributed by atoms with Gasteiger partial charge >= 0.3 is 5.97 Å². The second-order valence-electron chi connectivity index (χ2n) is 4.96. The number of para-hydroxylation sites is 1. The minimum Gasteiger partial charge on any atom is -0.494 e. The molecule has 0 aliphatic heterocycles. The Kier molecular flexibility index (Phi) is 4.24. The lowest BCUT2D eigenvalue weighted by Gasteiger charge is -2.07. The van der Waals surface area contributed by atoms with E-state index in [1.54, 1.807) is 24.3 Å². The van der Waals surface area contributed by atoms with E-state index in [9.17, 15) is 14.0 Å². The van der Waals surface area contributed by atoms with Gasteiger partial charge in [0.2, 0.25) is 0 Å². The van der Waals surface area contributed by atoms with Gasteiger partial charge in [-0.05, 0) is 30.3 Å². The molecule has 1 N–H and O–H groups in total. The van der Waals surface area contributed by atoms with Crippen molar-refractivity contribution in [1.82, 2.24) is 9.97 Å². The topological polar surface area (TPSA) is 81.3 Å². The summed E-state index contributed by atoms with van der Waals surface area (Å²) in [5.74, 6) is -1.15. The van der Waals surface area contributed by atoms with Crippen molar-refractivity contribution in [3.63, 3.8) is 0 Å². The van der Waals surface area contributed by atoms with Gasteiger partial charge in [0, 0.05) is 0 Å². The molecule has 24 heavy (non-hydrogen) atoms. The first-order valence-corrected chi connectivity index (χ1v) is 7.07. The number of nitrogens with one attached hydrogen (secondary N) is 1. The summed E-state index contributed by atoms with van der Waals surface area (Å²) in [5, 5.41) is 0.449. The van der Waals surface area contributed by atoms with Crippen molar-refractivity contribution in [1.29, 1.82) is 0 Å². The van der Waals surface area contributed by atoms with Crippen LogP contribution in [0.5, 0.6) is 5.75 Å². The fourth-order valence-electron chi connectivity index (χ4n) is 2.21. The third kappa shape index (κ3) is 3.10. The maximum absolute atomic E-state index is 13.6. The predicted octanol–water partition coefficient (Wildman–Crippen LogP) is 2.43. The third-order valence-electron chi connectivity index (χ3n) is 3.39. The van der Waals surface area contributed by atoms with Crippen LogP contribution in [0.15, 0.2) is 47.3 Å². The van der Waals surface area contributed by atoms with Gasteiger partial charge in [0.1, 0.15) is 12.4 Å². The van der Waals surface area contributed by atoms with Crippen LogP contribution in [0.2, 0.25) is 0 Å². The molecule has 0 spiro atoms. The van der Waals surface area contributed by atoms with Crippen molar-refractivity contribution >= 4 is 16.9 Å². The molecule has 0 amide bonds. The molecule has 0 saturated carbocycles. The first-order chi connectivity index (χ1) is 11.6. The number of fused-ring (bicyclic) bond motifs is 1. The zero-order valence-corrected chi connectivity index (χ0v) is 12.7. The lowest BCUT2D eigenvalue weighted by Crippen LogP contribution is -2.14. The van der Waals surface area contributed by atoms with E-state index in [0.717, 1.165) is 6.07 Å². The van der Waals surface area contributed by atoms with Crippen molar-refractivity contribution in [3.05, 3.63) is 70.0 Å². The number of esters is 1. The molecule has 1 heterocycles. The maximum Gasteiger partial charge on any atom is 0.338 e. The lowest BCUT2D eigenvalue weighted by atomic mass is 10.2. The summed E-state index contributed by atoms with van der Waals surface area (Å²) in [5.41, 5.74) is 0.223. The van der Waals surface area contributed by atoms with E-state index in [4.69, 9.17) is 9.47 Å². The van der Waals surface area contributed by atoms with Crippen molar-refractivity contribution in [3.8, 4) is 5.75 Å². The minimum atomic E-state index is -0.729. The number of benzene rings is 2. The zero-order chi connectivity index (χ0) is 17.1. The van der Waals surface area contributed by atoms with Crippen molar-refractivity contribution in [2.45, 2.75) is 6.61 Å². The van der Waals surface area contributed by atoms with Crippen LogP contribution in [0.4, 0.5) is 4.39 Å². The number of carbonyl (C=O) groups excluding carboxylic acids is 1. The Labute approximate surface area is 135 Å². The standard InChI is InChI=1S/C17H13FN2O4/c1-23-14-7-6-10(8-12(14)18)17(22)24-9-15-19-13-5-3-2-4-11(13)16(21)20-15/h2-8H,9H2,1H3,(H,19,20,21). The van der Waals surface area contributed by atoms with E-state index in [0.29, 0.717) is 10.9 Å². The molecule has 6 nitrogen and oxygen atoms in total. The van der Waals surface area contributed by atoms with Gasteiger partial charge in [-0.3, -0.25) is 4.79 Å². The van der Waals surface area contributed by atoms with Crippen molar-refractivity contribution in [2.75, 3.05) is 7.11 Å². The number of halogens is 1. The average molecular weight is 328 g/mol. The van der Waals surface area contributed by atoms with Crippen molar-refractivity contribution < 1.29 is 18.7 Å². The first kappa shape index (κ1) is 15.7. The Bertz CT molecular complexity index is 968. The van der Waals surface area contributed by atoms with Gasteiger partial charge in [-0.25, -0.2) is 14.2 Å². The van der Waals surface area contributed by atoms with Crippen LogP contribution in [0.3, 0.4) is 0 Å². The summed E-state index contributed by atoms with van der Waals surface area (Å²) < 4.78 is 23.5. The van der Waals surface area contributed by atoms with Gasteiger partial charge in [0.05, 0.1) is 23.6 Å². The molecule has 0 aliphatic carbocycles. The monoisotopic (exact) mass is 328 g/mol. The van der Waals surface area contributed by atoms with Crippen LogP contribution in [-0.4, -0.2) is 23.0 Å². The molecule has 3 aromatic rings. The number of H-pyrrole nitrogens is 1. The molecule has 0 fully saturated rings. The molecule has 0 radical (unpaired) electrons. The summed E-state index contributed by atoms with van der Waals surface area (Å²) >= 11 is 0. The second-order valence-corrected chi connectivity index (χ2v) is 4.96. The first-order valence-electron chi connectivity index (χ1n) is 7.07. The number of methoxy groups -OCH3 is 1. The number of aromatic nitrogens is 2. The molecule has 0 atom stereocenters. The molecular weight excluding hydrogens is 315 g/mol. The quantitative estimate of drug-likeness (QED) is 0.744. The summed E-state index contributed by atoms with van der Waals surface area (Å²) in [6.07, 6.45) is 0. The van der Waals surface area contributed by atoms with Gasteiger partial charge in [-0.15, -0.1) is 0 Å². The second kappa shape index (κ2) is 6.49. The number of carbonyl (C=O) groups is 1. The number of ether oxygens (including phenoxy) is 2. The number of hydrogen-bond acceptors (Lipinski definition) is 5. The predicted molar refractivity (Wildman–Crippen MR) is 84.4 cm³/mol. The number of aromatic amines is 1. The van der Waals surface area contributed by atoms with Gasteiger partial charge < -0.3 is 14.5 Å². The van der Waals surface area contributed by atoms with E-state index in [-0.39, 0.29) is 29.3 Å². The Morgan fingerprint density at radius 3 is 2.79 bits per heavy atom. The zero-order valence-electron chi connectivity index (χ0n) is 12.7. The molecule has 2 aromatic carbocycles. The van der Waals surface area contributed by atoms with E-state index >= 15 is 0 Å². The van der Waals surface area contributed by atoms with Crippen LogP contribution in [-0.2, 0) is 11.3 Å². The number of rotatable bonds is 4. The average Bonchev–Trinajstić information content (AvgIpc) is 2.59. The van der Waals surface area contributed by atoms with Gasteiger partial charge in [-0.2, -0.15) is 0 Å². The van der Waals surface area contributed by atoms with Crippen LogP contribution in [0.1, 0.15) is 16.2 Å². The van der Waals surface area contributed by atoms with E-state index in [1.165, 1.54) is 19.2 Å². The smallest absolute Gasteiger partial charge is 0.338 e. The van der Waals surface area contributed by atoms with E-state index in [1.807, 2.05) is 0 Å². The molecule has 0 bridgehead atoms. The molecular formula is C17H13FN2O4. The van der Waals surface area contributed by atoms with Crippen LogP contribution in [0, 0.1) is 5.82 Å². The molecule has 0 unspecified atom stereocenters. The SMILES string of the molecule is COc1ccc(C(=O)OCc2nc3ccccc3c(=O)[nH]2)cc1F. The van der Waals surface area contributed by atoms with Crippen LogP contribution in [0.25, 0.3) is 10.9 Å². The van der Waals surface area contributed by atoms with Gasteiger partial charge in [0.15, 0.2) is 11.6 Å². The minimum absolute atomic E-state index is 0.0343. The highest BCUT2D eigenvalue weighted by molar-refractivity contribution is 5.89. The number of hydrogen-bond donors (Lipinski definition) is 1. The summed E-state index contributed by atoms with van der Waals surface area (Å²) in [7, 11) is 1.33. The van der Waals surface area contributed by atoms with Crippen LogP contribution < -0.4 is 10.3 Å². The molecule has 1 aromatic heterocycles. The molecule has 122 valence electrons. The molecule has 3 rings (SSSR count). The Hall–Kier alpha value is -3.22. The molecule has 0 saturated heterocycles. The molecule has 7 heteroatoms. The highest BCUT2D eigenvalue weighted by atomic mass is 19.1. The van der Waals surface area contributed by atoms with Crippen LogP contribution >= 0.6 is 0 Å². The number of nitrogens with zero attached hydrogens (tertiary/aromatic N) is 1. The highest BCUT2D eigenvalue weighted by Gasteiger charge is 2.12. The third-order valence-corrected chi connectivity index (χ3v) is 3.39. The Balaban J connectivity index is 1.77. The summed E-state index contributed by atoms with van der Waals surface area (Å²) in [6.45, 7) is -0.230. The largest absolute Gasteiger partial charge is 0.494 e. The van der Waals surface area contributed by atoms with E-state index in [2.05, 4.69) is 9.97 Å². The highest BCUT2D eigenvalue weighted by Crippen LogP contribution is 2.18. The van der Waals surface area contributed by atoms with Crippen molar-refractivity contribution in [2.24, 2.45) is 0 Å². The van der Waals surface area contributed by atoms with Gasteiger partial charge in [-0.1, -0.05) is 12.1 Å². The summed E-state index contributed by atoms with van der Waals surface area (Å²) in [6, 6.07) is 10.6. The summed E-state index contributed by atoms with van der Waals surface area (Å²) in [4.78, 5) is 30.7. The van der Waals surface area contributed by atoms with Gasteiger partial charge in [0.25, 0.3) is 5.56 Å². The Morgan fingerprint density at radius 2 is 2.04 bits per heavy atom.